The summed E-state index contributed by atoms with van der Waals surface area (Å²) in [6.45, 7) is 44.0. The molecule has 104 heavy (non-hydrogen) atoms. The minimum absolute atomic E-state index is 0. The molecule has 0 unspecified atom stereocenters. The molecule has 38 heteroatoms. The number of sulfone groups is 4. The number of amides is 2. The van der Waals surface area contributed by atoms with E-state index in [2.05, 4.69) is 117 Å². The van der Waals surface area contributed by atoms with Gasteiger partial charge in [-0.05, 0) is 55.9 Å². The third kappa shape index (κ3) is 374. The van der Waals surface area contributed by atoms with Gasteiger partial charge in [0, 0.05) is 217 Å². The second-order valence-corrected chi connectivity index (χ2v) is 38.6. The number of methoxy groups -OCH3 is 1. The van der Waals surface area contributed by atoms with Crippen molar-refractivity contribution >= 4 is 111 Å². The van der Waals surface area contributed by atoms with E-state index in [1.54, 1.807) is 41.9 Å². The molecular weight excluding hydrogens is 1720 g/mol. The number of nitrogens with zero attached hydrogens (tertiary/aromatic N) is 6. The summed E-state index contributed by atoms with van der Waals surface area (Å²) in [4.78, 5) is 59.7. The van der Waals surface area contributed by atoms with Gasteiger partial charge in [-0.3, -0.25) is 14.4 Å². The number of carbonyl (C=O) groups excluding carboxylic acids is 5. The average Bonchev–Trinajstić information content (AvgIpc) is 0.968. The van der Waals surface area contributed by atoms with Gasteiger partial charge in [0.2, 0.25) is 41.9 Å². The number of rotatable bonds is 11. The summed E-state index contributed by atoms with van der Waals surface area (Å²) in [6, 6.07) is 0. The van der Waals surface area contributed by atoms with Crippen LogP contribution in [0.5, 0.6) is 0 Å². The fraction of sp³-hybridized carbons (Fsp3) is 0.773. The summed E-state index contributed by atoms with van der Waals surface area (Å²) in [6.07, 6.45) is 29.8. The van der Waals surface area contributed by atoms with Crippen LogP contribution in [0.1, 0.15) is 173 Å². The first-order valence-electron chi connectivity index (χ1n) is 30.6. The predicted molar refractivity (Wildman–Crippen MR) is 429 cm³/mol. The van der Waals surface area contributed by atoms with Gasteiger partial charge in [0.25, 0.3) is 0 Å². The second kappa shape index (κ2) is 97.9. The zero-order valence-electron chi connectivity index (χ0n) is 72.8. The summed E-state index contributed by atoms with van der Waals surface area (Å²) in [5.41, 5.74) is 4.25. The third-order valence-corrected chi connectivity index (χ3v) is 12.6. The number of Topliss-reactive ketones (excluding diaryl/α,β-unsaturated/α-hetero) is 2. The smallest absolute Gasteiger partial charge is 0.302 e. The van der Waals surface area contributed by atoms with Crippen molar-refractivity contribution in [2.24, 2.45) is 27.7 Å². The Morgan fingerprint density at radius 3 is 0.721 bits per heavy atom. The maximum atomic E-state index is 10.3. The molecule has 0 aromatic heterocycles. The molecule has 0 aliphatic rings. The van der Waals surface area contributed by atoms with Crippen LogP contribution in [0, 0.1) is 42.1 Å². The minimum Gasteiger partial charge on any atom is -0.584 e. The van der Waals surface area contributed by atoms with Gasteiger partial charge in [0.1, 0.15) is 50.9 Å². The molecule has 627 valence electrons. The normalized spacial score (nSPS) is 10.7. The van der Waals surface area contributed by atoms with Crippen molar-refractivity contribution in [3.05, 3.63) is 46.8 Å². The molecule has 28 nitrogen and oxygen atoms in total. The molecule has 2 amide bonds. The Balaban J connectivity index is -0.0000000403. The Morgan fingerprint density at radius 1 is 0.442 bits per heavy atom. The van der Waals surface area contributed by atoms with Gasteiger partial charge >= 0.3 is 5.97 Å². The molecule has 0 bridgehead atoms. The van der Waals surface area contributed by atoms with Crippen molar-refractivity contribution in [1.29, 1.82) is 0 Å². The average molecular weight is 1860 g/mol. The Hall–Kier alpha value is -1.15. The molecule has 0 saturated heterocycles. The molecule has 0 aliphatic heterocycles. The number of nitrogens with one attached hydrogen (secondary N) is 2. The van der Waals surface area contributed by atoms with Crippen LogP contribution in [-0.4, -0.2) is 272 Å². The Kier molecular flexibility index (Phi) is 146. The largest absolute Gasteiger partial charge is 0.584 e. The summed E-state index contributed by atoms with van der Waals surface area (Å²) in [5.74, 6) is 2.06. The van der Waals surface area contributed by atoms with Crippen LogP contribution in [0.15, 0.2) is 32.5 Å². The number of ether oxygens (including phenoxy) is 1. The molecule has 0 atom stereocenters. The Morgan fingerprint density at radius 2 is 0.635 bits per heavy atom. The molecule has 0 aromatic carbocycles. The topological polar surface area (TPSA) is 395 Å². The minimum atomic E-state index is -2.91. The van der Waals surface area contributed by atoms with Crippen LogP contribution >= 0.6 is 0 Å². The zero-order chi connectivity index (χ0) is 86.6. The van der Waals surface area contributed by atoms with E-state index >= 15 is 0 Å². The summed E-state index contributed by atoms with van der Waals surface area (Å²) in [7, 11) is 0.366. The zero-order valence-corrected chi connectivity index (χ0v) is 87.0. The number of aliphatic imine (C=N–C) groups is 2. The van der Waals surface area contributed by atoms with E-state index in [0.29, 0.717) is 17.8 Å². The summed E-state index contributed by atoms with van der Waals surface area (Å²) >= 11 is 0. The predicted octanol–water partition coefficient (Wildman–Crippen LogP) is 8.20. The fourth-order valence-electron chi connectivity index (χ4n) is 1.63. The van der Waals surface area contributed by atoms with Crippen molar-refractivity contribution in [3.8, 4) is 0 Å². The van der Waals surface area contributed by atoms with Crippen molar-refractivity contribution in [1.82, 2.24) is 28.4 Å². The van der Waals surface area contributed by atoms with E-state index in [0.717, 1.165) is 63.8 Å². The maximum Gasteiger partial charge on any atom is 0.302 e. The van der Waals surface area contributed by atoms with Crippen LogP contribution in [0.4, 0.5) is 0 Å². The number of ketones is 2. The molecular formula is C66H146N8O20S7Y3-6. The van der Waals surface area contributed by atoms with Crippen molar-refractivity contribution in [2.75, 3.05) is 152 Å². The molecule has 0 spiro atoms. The van der Waals surface area contributed by atoms with Gasteiger partial charge in [0.15, 0.2) is 0 Å². The molecule has 0 heterocycles. The molecule has 0 aromatic rings. The quantitative estimate of drug-likeness (QED) is 0.0851. The van der Waals surface area contributed by atoms with E-state index in [1.807, 2.05) is 67.6 Å². The first kappa shape index (κ1) is 155. The van der Waals surface area contributed by atoms with E-state index in [-0.39, 0.29) is 139 Å². The number of esters is 1. The number of allylic oxidation sites excluding steroid dienone is 8. The Bertz CT molecular complexity index is 2850. The van der Waals surface area contributed by atoms with Crippen molar-refractivity contribution in [3.63, 3.8) is 0 Å². The van der Waals surface area contributed by atoms with Crippen LogP contribution in [-0.2, 0) is 196 Å². The first-order valence-corrected chi connectivity index (χ1v) is 44.9. The molecule has 0 fully saturated rings. The van der Waals surface area contributed by atoms with Gasteiger partial charge in [-0.1, -0.05) is 81.6 Å². The fourth-order valence-corrected chi connectivity index (χ4v) is 1.63. The van der Waals surface area contributed by atoms with Crippen LogP contribution in [0.3, 0.4) is 0 Å². The number of hydrogen-bond acceptors (Lipinski definition) is 23. The molecule has 2 N–H and O–H groups in total. The maximum absolute atomic E-state index is 10.3. The SMILES string of the molecule is CC(=O)N(C)C.CC(C)=O.CC(C)=O.CCC.CCS(C)(=O)=O.CCS(C)(=O)=O.CN(C)C.CN(C)S(C)(=O)=O.CN(C)S(C)(=O)=O.CNC(C)=O.CNS(C)(=O)=O.COC(C)=O.CS(C)(=O)=O.CS(C)(=O)=O.C[C-]=C(C)C(C)=[C-]C(C)C.C[C-]=C(C)N=[C-]C(C)C.C[C-]=NC(C)=[C-]C(C)C.[Y].[Y].[Y]. The van der Waals surface area contributed by atoms with Gasteiger partial charge < -0.3 is 86.3 Å². The van der Waals surface area contributed by atoms with Gasteiger partial charge in [0.05, 0.1) is 25.9 Å². The van der Waals surface area contributed by atoms with Crippen LogP contribution < -0.4 is 10.0 Å². The molecule has 0 rings (SSSR count). The number of hydrogen-bond donors (Lipinski definition) is 2. The van der Waals surface area contributed by atoms with E-state index in [1.165, 1.54) is 126 Å². The van der Waals surface area contributed by atoms with Crippen molar-refractivity contribution in [2.45, 2.75) is 173 Å². The van der Waals surface area contributed by atoms with E-state index < -0.39 is 69.4 Å². The number of sulfonamides is 3. The molecule has 0 aliphatic carbocycles. The van der Waals surface area contributed by atoms with Crippen LogP contribution in [0.25, 0.3) is 0 Å². The third-order valence-electron chi connectivity index (χ3n) is 7.09. The summed E-state index contributed by atoms with van der Waals surface area (Å²) in [5, 5.41) is 2.39. The van der Waals surface area contributed by atoms with Crippen molar-refractivity contribution < 1.29 is 186 Å². The number of carbonyl (C=O) groups is 5. The Labute approximate surface area is 717 Å². The molecule has 0 saturated carbocycles. The van der Waals surface area contributed by atoms with E-state index in [4.69, 9.17) is 0 Å². The van der Waals surface area contributed by atoms with Gasteiger partial charge in [-0.25, -0.2) is 79.2 Å². The van der Waals surface area contributed by atoms with Crippen LogP contribution in [0.2, 0.25) is 0 Å². The molecule has 3 radical (unpaired) electrons. The monoisotopic (exact) mass is 1860 g/mol. The van der Waals surface area contributed by atoms with Gasteiger partial charge in [-0.2, -0.15) is 18.3 Å². The first-order chi connectivity index (χ1) is 44.3. The van der Waals surface area contributed by atoms with E-state index in [9.17, 15) is 82.9 Å². The van der Waals surface area contributed by atoms with Gasteiger partial charge in [-0.15, -0.1) is 47.5 Å². The second-order valence-electron chi connectivity index (χ2n) is 22.8. The summed E-state index contributed by atoms with van der Waals surface area (Å²) < 4.78 is 148. The standard InChI is InChI=1S/C10H16.2C8H13N.C4H9NO.2C3H9NO2S.C3H7NO.C3H9N.2C3H8O2S.C3H6O2.2C3H6O.C3H8.C2H7NO2S.2C2H6O2S.3Y/c1-6-9(4)10(5)7-8(2)3;1-5-9-8(4)6-7(2)3;1-5-8(4)9-6-7(2)3;1-4(6)5(2)3;2*1-4(2)7(3,5)6;1-3(5)4-2;1-4(2)3;2*1-3-6(2,4)5;1-3(4)5-2;2*1-3(2)4;1-3-2;1-3-6(2,4)5;2*1-5(2,3)4;;;/h8H,1-5H3;2*7H,1-4H3;1-3H3;2*1-3H3;1-2H3,(H,4,5);1-3H3;2*3H2,1-2H3;1-2H3;2*1-2H3;3H2,1-2H3;3H,1-2H3;2*1-2H3;;;/q3*-2;;;;;;;;;;;;;;;;;.